The van der Waals surface area contributed by atoms with Crippen LogP contribution in [0.3, 0.4) is 0 Å². The molecular weight excluding hydrogens is 434 g/mol. The van der Waals surface area contributed by atoms with Crippen molar-refractivity contribution in [2.75, 3.05) is 12.4 Å². The van der Waals surface area contributed by atoms with Crippen LogP contribution in [-0.2, 0) is 9.53 Å². The predicted octanol–water partition coefficient (Wildman–Crippen LogP) is 3.47. The molecule has 1 saturated heterocycles. The second kappa shape index (κ2) is 8.38. The number of halogens is 4. The minimum Gasteiger partial charge on any atom is -0.496 e. The second-order valence-corrected chi connectivity index (χ2v) is 7.66. The molecule has 1 aromatic heterocycles. The first-order valence-electron chi connectivity index (χ1n) is 9.52. The minimum atomic E-state index is -4.77. The van der Waals surface area contributed by atoms with E-state index in [0.29, 0.717) is 0 Å². The summed E-state index contributed by atoms with van der Waals surface area (Å²) in [6, 6.07) is 4.93. The van der Waals surface area contributed by atoms with E-state index in [1.807, 2.05) is 0 Å². The van der Waals surface area contributed by atoms with E-state index in [1.54, 1.807) is 0 Å². The van der Waals surface area contributed by atoms with Gasteiger partial charge in [0, 0.05) is 28.9 Å². The topological polar surface area (TPSA) is 104 Å². The van der Waals surface area contributed by atoms with Gasteiger partial charge in [-0.2, -0.15) is 13.2 Å². The molecule has 172 valence electrons. The molecule has 32 heavy (non-hydrogen) atoms. The number of amides is 2. The largest absolute Gasteiger partial charge is 0.496 e. The number of hydrogen-bond acceptors (Lipinski definition) is 5. The number of carbonyl (C=O) groups excluding carboxylic acids is 2. The zero-order chi connectivity index (χ0) is 23.8. The van der Waals surface area contributed by atoms with Crippen LogP contribution >= 0.6 is 0 Å². The first-order chi connectivity index (χ1) is 14.9. The van der Waals surface area contributed by atoms with Crippen molar-refractivity contribution in [3.63, 3.8) is 0 Å². The number of pyridine rings is 1. The number of ether oxygens (including phenoxy) is 2. The van der Waals surface area contributed by atoms with Gasteiger partial charge in [0.15, 0.2) is 5.60 Å². The molecule has 2 amide bonds. The monoisotopic (exact) mass is 455 g/mol. The molecule has 0 saturated carbocycles. The molecule has 7 nitrogen and oxygen atoms in total. The summed E-state index contributed by atoms with van der Waals surface area (Å²) in [5, 5.41) is 2.44. The summed E-state index contributed by atoms with van der Waals surface area (Å²) in [4.78, 5) is 28.0. The SMILES string of the molecule is COc1c([C@@H]2C[C@@](C)(C(F)(F)F)O[C@H]2C(=O)Nc2ccnc(C(N)=O)c2)ccc(F)c1C. The molecule has 1 aliphatic heterocycles. The van der Waals surface area contributed by atoms with Gasteiger partial charge in [0.25, 0.3) is 11.8 Å². The maximum atomic E-state index is 14.0. The highest BCUT2D eigenvalue weighted by atomic mass is 19.4. The van der Waals surface area contributed by atoms with Crippen molar-refractivity contribution in [2.45, 2.75) is 44.1 Å². The van der Waals surface area contributed by atoms with Gasteiger partial charge in [-0.25, -0.2) is 4.39 Å². The zero-order valence-electron chi connectivity index (χ0n) is 17.4. The lowest BCUT2D eigenvalue weighted by molar-refractivity contribution is -0.261. The standard InChI is InChI=1S/C21H21F4N3O4/c1-10-14(22)5-4-12(16(10)31-3)13-9-20(2,21(23,24)25)32-17(13)19(30)28-11-6-7-27-15(8-11)18(26)29/h4-8,13,17H,9H2,1-3H3,(H2,26,29)(H,27,28,30)/t13-,17+,20-/m0/s1. The van der Waals surface area contributed by atoms with E-state index in [2.05, 4.69) is 10.3 Å². The van der Waals surface area contributed by atoms with Gasteiger partial charge in [0.05, 0.1) is 7.11 Å². The quantitative estimate of drug-likeness (QED) is 0.672. The Morgan fingerprint density at radius 1 is 1.31 bits per heavy atom. The maximum Gasteiger partial charge on any atom is 0.417 e. The Bertz CT molecular complexity index is 1060. The van der Waals surface area contributed by atoms with Gasteiger partial charge >= 0.3 is 6.18 Å². The Kier molecular flexibility index (Phi) is 6.14. The van der Waals surface area contributed by atoms with E-state index in [-0.39, 0.29) is 28.3 Å². The number of methoxy groups -OCH3 is 1. The molecule has 0 aliphatic carbocycles. The first-order valence-corrected chi connectivity index (χ1v) is 9.52. The second-order valence-electron chi connectivity index (χ2n) is 7.66. The van der Waals surface area contributed by atoms with Crippen LogP contribution in [-0.4, -0.2) is 41.8 Å². The van der Waals surface area contributed by atoms with E-state index in [4.69, 9.17) is 15.2 Å². The minimum absolute atomic E-state index is 0.0442. The van der Waals surface area contributed by atoms with E-state index >= 15 is 0 Å². The lowest BCUT2D eigenvalue weighted by Crippen LogP contribution is -2.43. The molecule has 3 rings (SSSR count). The number of nitrogens with zero attached hydrogens (tertiary/aromatic N) is 1. The Morgan fingerprint density at radius 3 is 2.59 bits per heavy atom. The van der Waals surface area contributed by atoms with Gasteiger partial charge < -0.3 is 20.5 Å². The molecule has 1 aliphatic rings. The molecule has 1 fully saturated rings. The molecule has 1 aromatic carbocycles. The van der Waals surface area contributed by atoms with Crippen molar-refractivity contribution < 1.29 is 36.6 Å². The number of hydrogen-bond donors (Lipinski definition) is 2. The van der Waals surface area contributed by atoms with Gasteiger partial charge in [-0.1, -0.05) is 6.07 Å². The van der Waals surface area contributed by atoms with Gasteiger partial charge in [-0.05, 0) is 38.5 Å². The van der Waals surface area contributed by atoms with Crippen molar-refractivity contribution in [2.24, 2.45) is 5.73 Å². The number of alkyl halides is 3. The van der Waals surface area contributed by atoms with Crippen LogP contribution < -0.4 is 15.8 Å². The molecule has 0 spiro atoms. The van der Waals surface area contributed by atoms with E-state index in [9.17, 15) is 27.2 Å². The number of carbonyl (C=O) groups is 2. The van der Waals surface area contributed by atoms with Crippen LogP contribution in [0.4, 0.5) is 23.2 Å². The number of benzene rings is 1. The number of anilines is 1. The van der Waals surface area contributed by atoms with Gasteiger partial charge in [0.1, 0.15) is 23.4 Å². The van der Waals surface area contributed by atoms with Gasteiger partial charge in [0.2, 0.25) is 0 Å². The number of primary amides is 1. The molecule has 0 radical (unpaired) electrons. The predicted molar refractivity (Wildman–Crippen MR) is 106 cm³/mol. The third-order valence-electron chi connectivity index (χ3n) is 5.47. The number of nitrogens with two attached hydrogens (primary N) is 1. The van der Waals surface area contributed by atoms with Crippen molar-refractivity contribution in [3.8, 4) is 5.75 Å². The summed E-state index contributed by atoms with van der Waals surface area (Å²) in [6.07, 6.45) is -5.71. The van der Waals surface area contributed by atoms with Crippen LogP contribution in [0.25, 0.3) is 0 Å². The fourth-order valence-corrected chi connectivity index (χ4v) is 3.74. The Labute approximate surface area is 180 Å². The smallest absolute Gasteiger partial charge is 0.417 e. The van der Waals surface area contributed by atoms with Gasteiger partial charge in [-0.3, -0.25) is 14.6 Å². The third-order valence-corrected chi connectivity index (χ3v) is 5.47. The van der Waals surface area contributed by atoms with E-state index < -0.39 is 47.9 Å². The number of aromatic nitrogens is 1. The fraction of sp³-hybridized carbons (Fsp3) is 0.381. The lowest BCUT2D eigenvalue weighted by Gasteiger charge is -2.27. The summed E-state index contributed by atoms with van der Waals surface area (Å²) >= 11 is 0. The van der Waals surface area contributed by atoms with Crippen LogP contribution in [0.1, 0.15) is 40.9 Å². The highest BCUT2D eigenvalue weighted by Gasteiger charge is 2.61. The van der Waals surface area contributed by atoms with Crippen molar-refractivity contribution >= 4 is 17.5 Å². The molecule has 0 unspecified atom stereocenters. The van der Waals surface area contributed by atoms with Crippen molar-refractivity contribution in [1.29, 1.82) is 0 Å². The average Bonchev–Trinajstić information content (AvgIpc) is 3.09. The zero-order valence-corrected chi connectivity index (χ0v) is 17.4. The summed E-state index contributed by atoms with van der Waals surface area (Å²) in [5.41, 5.74) is 2.83. The van der Waals surface area contributed by atoms with E-state index in [0.717, 1.165) is 13.0 Å². The Morgan fingerprint density at radius 2 is 2.00 bits per heavy atom. The maximum absolute atomic E-state index is 14.0. The van der Waals surface area contributed by atoms with Crippen molar-refractivity contribution in [3.05, 3.63) is 53.1 Å². The van der Waals surface area contributed by atoms with Crippen LogP contribution in [0.15, 0.2) is 30.5 Å². The molecule has 3 N–H and O–H groups in total. The van der Waals surface area contributed by atoms with E-state index in [1.165, 1.54) is 38.4 Å². The first kappa shape index (κ1) is 23.5. The summed E-state index contributed by atoms with van der Waals surface area (Å²) < 4.78 is 65.8. The molecule has 2 aromatic rings. The fourth-order valence-electron chi connectivity index (χ4n) is 3.74. The molecule has 0 bridgehead atoms. The van der Waals surface area contributed by atoms with Crippen LogP contribution in [0, 0.1) is 12.7 Å². The van der Waals surface area contributed by atoms with Crippen molar-refractivity contribution in [1.82, 2.24) is 4.98 Å². The highest BCUT2D eigenvalue weighted by molar-refractivity contribution is 5.97. The number of rotatable bonds is 5. The van der Waals surface area contributed by atoms with Crippen LogP contribution in [0.2, 0.25) is 0 Å². The Hall–Kier alpha value is -3.21. The number of nitrogens with one attached hydrogen (secondary N) is 1. The van der Waals surface area contributed by atoms with Gasteiger partial charge in [-0.15, -0.1) is 0 Å². The highest BCUT2D eigenvalue weighted by Crippen LogP contribution is 2.51. The summed E-state index contributed by atoms with van der Waals surface area (Å²) in [6.45, 7) is 2.28. The Balaban J connectivity index is 2.01. The summed E-state index contributed by atoms with van der Waals surface area (Å²) in [5.74, 6) is -3.36. The normalized spacial score (nSPS) is 23.1. The molecule has 11 heteroatoms. The molecule has 3 atom stereocenters. The van der Waals surface area contributed by atoms with Crippen LogP contribution in [0.5, 0.6) is 5.75 Å². The lowest BCUT2D eigenvalue weighted by atomic mass is 9.85. The molecular formula is C21H21F4N3O4. The molecule has 2 heterocycles. The summed E-state index contributed by atoms with van der Waals surface area (Å²) in [7, 11) is 1.27. The average molecular weight is 455 g/mol. The third kappa shape index (κ3) is 4.24.